The van der Waals surface area contributed by atoms with Gasteiger partial charge in [0.15, 0.2) is 0 Å². The molecule has 1 aromatic carbocycles. The fourth-order valence-corrected chi connectivity index (χ4v) is 3.32. The van der Waals surface area contributed by atoms with Crippen molar-refractivity contribution in [3.8, 4) is 0 Å². The number of nitrogens with zero attached hydrogens (tertiary/aromatic N) is 3. The second kappa shape index (κ2) is 8.22. The summed E-state index contributed by atoms with van der Waals surface area (Å²) in [5.41, 5.74) is 1.06. The van der Waals surface area contributed by atoms with Crippen LogP contribution in [0.25, 0.3) is 0 Å². The van der Waals surface area contributed by atoms with Gasteiger partial charge in [-0.2, -0.15) is 0 Å². The molecule has 0 bridgehead atoms. The lowest BCUT2D eigenvalue weighted by molar-refractivity contribution is -0.117. The topological polar surface area (TPSA) is 79.3 Å². The van der Waals surface area contributed by atoms with Crippen LogP contribution in [0, 0.1) is 5.41 Å². The van der Waals surface area contributed by atoms with Gasteiger partial charge in [-0.25, -0.2) is 9.78 Å². The number of anilines is 2. The van der Waals surface area contributed by atoms with E-state index in [1.54, 1.807) is 35.6 Å². The molecule has 0 saturated carbocycles. The Morgan fingerprint density at radius 3 is 2.75 bits per heavy atom. The highest BCUT2D eigenvalue weighted by molar-refractivity contribution is 6.33. The van der Waals surface area contributed by atoms with Gasteiger partial charge < -0.3 is 20.1 Å². The van der Waals surface area contributed by atoms with Crippen molar-refractivity contribution in [1.29, 1.82) is 0 Å². The van der Waals surface area contributed by atoms with Gasteiger partial charge in [0, 0.05) is 37.6 Å². The lowest BCUT2D eigenvalue weighted by atomic mass is 9.86. The molecule has 0 radical (unpaired) electrons. The number of amides is 3. The Morgan fingerprint density at radius 2 is 2.14 bits per heavy atom. The molecular formula is C20H26ClN5O2. The van der Waals surface area contributed by atoms with Gasteiger partial charge in [0.2, 0.25) is 5.91 Å². The molecule has 2 heterocycles. The minimum absolute atomic E-state index is 0.0888. The Morgan fingerprint density at radius 1 is 1.36 bits per heavy atom. The Bertz CT molecular complexity index is 845. The molecule has 0 aliphatic carbocycles. The van der Waals surface area contributed by atoms with Crippen molar-refractivity contribution in [2.24, 2.45) is 5.41 Å². The first-order valence-electron chi connectivity index (χ1n) is 9.37. The number of halogens is 1. The average molecular weight is 404 g/mol. The van der Waals surface area contributed by atoms with E-state index in [4.69, 9.17) is 11.6 Å². The second-order valence-electron chi connectivity index (χ2n) is 8.09. The van der Waals surface area contributed by atoms with Crippen molar-refractivity contribution < 1.29 is 9.59 Å². The molecule has 3 rings (SSSR count). The molecule has 1 aromatic heterocycles. The number of carbonyl (C=O) groups excluding carboxylic acids is 2. The normalized spacial score (nSPS) is 15.6. The van der Waals surface area contributed by atoms with E-state index < -0.39 is 0 Å². The highest BCUT2D eigenvalue weighted by atomic mass is 35.5. The number of carbonyl (C=O) groups is 2. The monoisotopic (exact) mass is 403 g/mol. The maximum atomic E-state index is 12.7. The zero-order chi connectivity index (χ0) is 20.3. The third-order valence-corrected chi connectivity index (χ3v) is 5.22. The first-order chi connectivity index (χ1) is 13.2. The summed E-state index contributed by atoms with van der Waals surface area (Å²) in [6.45, 7) is 7.50. The molecule has 1 fully saturated rings. The van der Waals surface area contributed by atoms with Crippen LogP contribution >= 0.6 is 11.6 Å². The maximum absolute atomic E-state index is 12.7. The van der Waals surface area contributed by atoms with E-state index in [1.807, 2.05) is 10.8 Å². The molecule has 1 aliphatic heterocycles. The van der Waals surface area contributed by atoms with Crippen LogP contribution in [0.5, 0.6) is 0 Å². The summed E-state index contributed by atoms with van der Waals surface area (Å²) in [5, 5.41) is 6.28. The van der Waals surface area contributed by atoms with Gasteiger partial charge in [0.25, 0.3) is 0 Å². The van der Waals surface area contributed by atoms with E-state index >= 15 is 0 Å². The summed E-state index contributed by atoms with van der Waals surface area (Å²) < 4.78 is 1.93. The number of urea groups is 1. The average Bonchev–Trinajstić information content (AvgIpc) is 3.27. The SMILES string of the molecule is CC(C)(C)C(Cn1ccnc1)NC(=O)Nc1cc(N2CCCC2=O)ccc1Cl. The van der Waals surface area contributed by atoms with Gasteiger partial charge in [-0.3, -0.25) is 4.79 Å². The van der Waals surface area contributed by atoms with Gasteiger partial charge in [0.05, 0.1) is 23.1 Å². The molecule has 3 amide bonds. The van der Waals surface area contributed by atoms with Gasteiger partial charge >= 0.3 is 6.03 Å². The predicted octanol–water partition coefficient (Wildman–Crippen LogP) is 3.90. The van der Waals surface area contributed by atoms with Crippen molar-refractivity contribution in [1.82, 2.24) is 14.9 Å². The molecule has 2 aromatic rings. The molecule has 2 N–H and O–H groups in total. The molecule has 7 nitrogen and oxygen atoms in total. The zero-order valence-corrected chi connectivity index (χ0v) is 17.2. The van der Waals surface area contributed by atoms with E-state index in [0.717, 1.165) is 12.1 Å². The van der Waals surface area contributed by atoms with Crippen LogP contribution < -0.4 is 15.5 Å². The summed E-state index contributed by atoms with van der Waals surface area (Å²) in [6.07, 6.45) is 6.70. The van der Waals surface area contributed by atoms with E-state index in [-0.39, 0.29) is 23.4 Å². The van der Waals surface area contributed by atoms with Crippen molar-refractivity contribution in [3.63, 3.8) is 0 Å². The van der Waals surface area contributed by atoms with Crippen LogP contribution in [0.2, 0.25) is 5.02 Å². The Labute approximate surface area is 170 Å². The third kappa shape index (κ3) is 4.84. The van der Waals surface area contributed by atoms with E-state index in [0.29, 0.717) is 30.2 Å². The highest BCUT2D eigenvalue weighted by Crippen LogP contribution is 2.30. The maximum Gasteiger partial charge on any atom is 0.319 e. The molecule has 1 unspecified atom stereocenters. The smallest absolute Gasteiger partial charge is 0.319 e. The molecule has 28 heavy (non-hydrogen) atoms. The molecular weight excluding hydrogens is 378 g/mol. The van der Waals surface area contributed by atoms with Gasteiger partial charge in [0.1, 0.15) is 0 Å². The molecule has 1 atom stereocenters. The lowest BCUT2D eigenvalue weighted by Crippen LogP contribution is -2.47. The molecule has 150 valence electrons. The van der Waals surface area contributed by atoms with E-state index in [1.165, 1.54) is 0 Å². The largest absolute Gasteiger partial charge is 0.335 e. The van der Waals surface area contributed by atoms with Crippen LogP contribution in [-0.2, 0) is 11.3 Å². The predicted molar refractivity (Wildman–Crippen MR) is 111 cm³/mol. The van der Waals surface area contributed by atoms with Gasteiger partial charge in [-0.15, -0.1) is 0 Å². The van der Waals surface area contributed by atoms with Gasteiger partial charge in [-0.05, 0) is 30.0 Å². The van der Waals surface area contributed by atoms with Crippen molar-refractivity contribution in [3.05, 3.63) is 41.9 Å². The Hall–Kier alpha value is -2.54. The first-order valence-corrected chi connectivity index (χ1v) is 9.75. The van der Waals surface area contributed by atoms with E-state index in [9.17, 15) is 9.59 Å². The fourth-order valence-electron chi connectivity index (χ4n) is 3.16. The van der Waals surface area contributed by atoms with E-state index in [2.05, 4.69) is 36.4 Å². The van der Waals surface area contributed by atoms with Crippen LogP contribution in [0.15, 0.2) is 36.9 Å². The molecule has 1 saturated heterocycles. The summed E-state index contributed by atoms with van der Waals surface area (Å²) in [4.78, 5) is 30.4. The zero-order valence-electron chi connectivity index (χ0n) is 16.4. The number of nitrogens with one attached hydrogen (secondary N) is 2. The number of imidazole rings is 1. The number of hydrogen-bond acceptors (Lipinski definition) is 3. The first kappa shape index (κ1) is 20.2. The highest BCUT2D eigenvalue weighted by Gasteiger charge is 2.27. The van der Waals surface area contributed by atoms with Crippen LogP contribution in [-0.4, -0.2) is 34.1 Å². The minimum Gasteiger partial charge on any atom is -0.335 e. The number of hydrogen-bond donors (Lipinski definition) is 2. The van der Waals surface area contributed by atoms with Crippen LogP contribution in [0.4, 0.5) is 16.2 Å². The van der Waals surface area contributed by atoms with Crippen molar-refractivity contribution >= 4 is 34.9 Å². The van der Waals surface area contributed by atoms with Crippen LogP contribution in [0.3, 0.4) is 0 Å². The quantitative estimate of drug-likeness (QED) is 0.794. The van der Waals surface area contributed by atoms with Gasteiger partial charge in [-0.1, -0.05) is 32.4 Å². The standard InChI is InChI=1S/C20H26ClN5O2/c1-20(2,3)17(12-25-10-8-22-13-25)24-19(28)23-16-11-14(6-7-15(16)21)26-9-4-5-18(26)27/h6-8,10-11,13,17H,4-5,9,12H2,1-3H3,(H2,23,24,28). The van der Waals surface area contributed by atoms with Crippen molar-refractivity contribution in [2.75, 3.05) is 16.8 Å². The third-order valence-electron chi connectivity index (χ3n) is 4.89. The summed E-state index contributed by atoms with van der Waals surface area (Å²) in [6, 6.07) is 4.78. The number of rotatable bonds is 5. The fraction of sp³-hybridized carbons (Fsp3) is 0.450. The minimum atomic E-state index is -0.341. The summed E-state index contributed by atoms with van der Waals surface area (Å²) >= 11 is 6.27. The van der Waals surface area contributed by atoms with Crippen LogP contribution in [0.1, 0.15) is 33.6 Å². The lowest BCUT2D eigenvalue weighted by Gasteiger charge is -2.32. The summed E-state index contributed by atoms with van der Waals surface area (Å²) in [7, 11) is 0. The molecule has 0 spiro atoms. The second-order valence-corrected chi connectivity index (χ2v) is 8.50. The number of benzene rings is 1. The number of aromatic nitrogens is 2. The Kier molecular flexibility index (Phi) is 5.93. The molecule has 8 heteroatoms. The molecule has 1 aliphatic rings. The van der Waals surface area contributed by atoms with Crippen molar-refractivity contribution in [2.45, 2.75) is 46.2 Å². The summed E-state index contributed by atoms with van der Waals surface area (Å²) in [5.74, 6) is 0.0888. The Balaban J connectivity index is 1.71.